The number of carbonyl (C=O) groups excluding carboxylic acids is 2. The molecule has 24 heavy (non-hydrogen) atoms. The summed E-state index contributed by atoms with van der Waals surface area (Å²) < 4.78 is 1.12. The van der Waals surface area contributed by atoms with Crippen molar-refractivity contribution < 1.29 is 9.59 Å². The lowest BCUT2D eigenvalue weighted by atomic mass is 10.1. The van der Waals surface area contributed by atoms with Gasteiger partial charge in [-0.25, -0.2) is 0 Å². The Kier molecular flexibility index (Phi) is 4.62. The van der Waals surface area contributed by atoms with E-state index in [2.05, 4.69) is 10.6 Å². The molecule has 0 saturated heterocycles. The van der Waals surface area contributed by atoms with Crippen LogP contribution in [0.15, 0.2) is 48.5 Å². The average molecular weight is 338 g/mol. The molecule has 0 aliphatic heterocycles. The van der Waals surface area contributed by atoms with Gasteiger partial charge in [-0.3, -0.25) is 9.59 Å². The molecule has 4 nitrogen and oxygen atoms in total. The molecule has 0 bridgehead atoms. The van der Waals surface area contributed by atoms with E-state index in [-0.39, 0.29) is 11.8 Å². The van der Waals surface area contributed by atoms with E-state index in [1.54, 1.807) is 0 Å². The van der Waals surface area contributed by atoms with Crippen molar-refractivity contribution in [2.24, 2.45) is 0 Å². The number of benzene rings is 2. The molecule has 122 valence electrons. The first-order valence-corrected chi connectivity index (χ1v) is 8.49. The molecule has 1 heterocycles. The molecule has 1 aromatic heterocycles. The Bertz CT molecular complexity index is 915. The predicted molar refractivity (Wildman–Crippen MR) is 98.5 cm³/mol. The number of amides is 2. The van der Waals surface area contributed by atoms with E-state index in [9.17, 15) is 9.59 Å². The molecule has 0 aliphatic rings. The van der Waals surface area contributed by atoms with E-state index in [4.69, 9.17) is 0 Å². The zero-order chi connectivity index (χ0) is 17.1. The Balaban J connectivity index is 1.73. The van der Waals surface area contributed by atoms with Crippen LogP contribution in [0.3, 0.4) is 0 Å². The summed E-state index contributed by atoms with van der Waals surface area (Å²) in [6.07, 6.45) is 0. The quantitative estimate of drug-likeness (QED) is 0.752. The molecule has 2 N–H and O–H groups in total. The minimum atomic E-state index is -0.114. The number of anilines is 1. The van der Waals surface area contributed by atoms with Gasteiger partial charge in [-0.05, 0) is 41.6 Å². The summed E-state index contributed by atoms with van der Waals surface area (Å²) in [6.45, 7) is 3.86. The monoisotopic (exact) mass is 338 g/mol. The van der Waals surface area contributed by atoms with Gasteiger partial charge >= 0.3 is 0 Å². The SMILES string of the molecule is CC(=O)Nc1cccc(CNC(=O)c2sc3ccccc3c2C)c1. The highest BCUT2D eigenvalue weighted by Crippen LogP contribution is 2.30. The Labute approximate surface area is 144 Å². The van der Waals surface area contributed by atoms with Gasteiger partial charge in [0.25, 0.3) is 5.91 Å². The van der Waals surface area contributed by atoms with E-state index in [1.165, 1.54) is 18.3 Å². The van der Waals surface area contributed by atoms with Crippen LogP contribution >= 0.6 is 11.3 Å². The minimum absolute atomic E-state index is 0.0707. The molecule has 5 heteroatoms. The molecule has 0 saturated carbocycles. The smallest absolute Gasteiger partial charge is 0.261 e. The summed E-state index contributed by atoms with van der Waals surface area (Å²) in [4.78, 5) is 24.4. The number of fused-ring (bicyclic) bond motifs is 1. The third-order valence-electron chi connectivity index (χ3n) is 3.75. The molecule has 3 rings (SSSR count). The average Bonchev–Trinajstić information content (AvgIpc) is 2.90. The van der Waals surface area contributed by atoms with E-state index in [0.717, 1.165) is 31.8 Å². The van der Waals surface area contributed by atoms with Gasteiger partial charge in [0.2, 0.25) is 5.91 Å². The van der Waals surface area contributed by atoms with Crippen molar-refractivity contribution >= 4 is 38.9 Å². The first-order valence-electron chi connectivity index (χ1n) is 7.67. The van der Waals surface area contributed by atoms with E-state index in [0.29, 0.717) is 6.54 Å². The third-order valence-corrected chi connectivity index (χ3v) is 5.02. The van der Waals surface area contributed by atoms with Gasteiger partial charge in [0.1, 0.15) is 0 Å². The van der Waals surface area contributed by atoms with Crippen LogP contribution in [0, 0.1) is 6.92 Å². The second-order valence-corrected chi connectivity index (χ2v) is 6.67. The maximum Gasteiger partial charge on any atom is 0.261 e. The zero-order valence-electron chi connectivity index (χ0n) is 13.6. The molecule has 2 amide bonds. The van der Waals surface area contributed by atoms with Crippen molar-refractivity contribution in [1.29, 1.82) is 0 Å². The van der Waals surface area contributed by atoms with Crippen molar-refractivity contribution in [2.45, 2.75) is 20.4 Å². The highest BCUT2D eigenvalue weighted by molar-refractivity contribution is 7.21. The Hall–Kier alpha value is -2.66. The number of aryl methyl sites for hydroxylation is 1. The number of rotatable bonds is 4. The second kappa shape index (κ2) is 6.84. The van der Waals surface area contributed by atoms with Crippen LogP contribution in [0.2, 0.25) is 0 Å². The minimum Gasteiger partial charge on any atom is -0.347 e. The van der Waals surface area contributed by atoms with Crippen molar-refractivity contribution in [3.63, 3.8) is 0 Å². The summed E-state index contributed by atoms with van der Waals surface area (Å²) in [5, 5.41) is 6.82. The van der Waals surface area contributed by atoms with Crippen LogP contribution in [0.1, 0.15) is 27.7 Å². The van der Waals surface area contributed by atoms with Gasteiger partial charge in [-0.2, -0.15) is 0 Å². The lowest BCUT2D eigenvalue weighted by molar-refractivity contribution is -0.114. The van der Waals surface area contributed by atoms with Crippen molar-refractivity contribution in [3.05, 3.63) is 64.5 Å². The Morgan fingerprint density at radius 1 is 1.08 bits per heavy atom. The number of thiophene rings is 1. The molecule has 0 unspecified atom stereocenters. The number of hydrogen-bond donors (Lipinski definition) is 2. The molecule has 3 aromatic rings. The molecule has 0 spiro atoms. The lowest BCUT2D eigenvalue weighted by Gasteiger charge is -2.07. The van der Waals surface area contributed by atoms with E-state index < -0.39 is 0 Å². The standard InChI is InChI=1S/C19H18N2O2S/c1-12-16-8-3-4-9-17(16)24-18(12)19(23)20-11-14-6-5-7-15(10-14)21-13(2)22/h3-10H,11H2,1-2H3,(H,20,23)(H,21,22). The van der Waals surface area contributed by atoms with E-state index in [1.807, 2.05) is 55.5 Å². The fourth-order valence-corrected chi connectivity index (χ4v) is 3.74. The van der Waals surface area contributed by atoms with E-state index >= 15 is 0 Å². The largest absolute Gasteiger partial charge is 0.347 e. The number of carbonyl (C=O) groups is 2. The summed E-state index contributed by atoms with van der Waals surface area (Å²) in [5.41, 5.74) is 2.68. The lowest BCUT2D eigenvalue weighted by Crippen LogP contribution is -2.22. The van der Waals surface area contributed by atoms with Crippen LogP contribution in [-0.4, -0.2) is 11.8 Å². The molecule has 2 aromatic carbocycles. The van der Waals surface area contributed by atoms with Gasteiger partial charge in [0.15, 0.2) is 0 Å². The van der Waals surface area contributed by atoms with Crippen molar-refractivity contribution in [3.8, 4) is 0 Å². The van der Waals surface area contributed by atoms with Crippen molar-refractivity contribution in [1.82, 2.24) is 5.32 Å². The normalized spacial score (nSPS) is 10.6. The molecule has 0 aliphatic carbocycles. The first kappa shape index (κ1) is 16.2. The maximum atomic E-state index is 12.5. The first-order chi connectivity index (χ1) is 11.5. The fourth-order valence-electron chi connectivity index (χ4n) is 2.62. The molecular weight excluding hydrogens is 320 g/mol. The Morgan fingerprint density at radius 2 is 1.88 bits per heavy atom. The van der Waals surface area contributed by atoms with Gasteiger partial charge in [0.05, 0.1) is 4.88 Å². The summed E-state index contributed by atoms with van der Waals surface area (Å²) >= 11 is 1.51. The van der Waals surface area contributed by atoms with Gasteiger partial charge in [0, 0.05) is 23.9 Å². The van der Waals surface area contributed by atoms with Gasteiger partial charge in [-0.1, -0.05) is 30.3 Å². The maximum absolute atomic E-state index is 12.5. The Morgan fingerprint density at radius 3 is 2.62 bits per heavy atom. The van der Waals surface area contributed by atoms with Crippen LogP contribution in [0.5, 0.6) is 0 Å². The summed E-state index contributed by atoms with van der Waals surface area (Å²) in [5.74, 6) is -0.185. The highest BCUT2D eigenvalue weighted by atomic mass is 32.1. The predicted octanol–water partition coefficient (Wildman–Crippen LogP) is 4.10. The topological polar surface area (TPSA) is 58.2 Å². The van der Waals surface area contributed by atoms with Crippen LogP contribution in [-0.2, 0) is 11.3 Å². The fraction of sp³-hybridized carbons (Fsp3) is 0.158. The molecule has 0 radical (unpaired) electrons. The van der Waals surface area contributed by atoms with Crippen molar-refractivity contribution in [2.75, 3.05) is 5.32 Å². The van der Waals surface area contributed by atoms with Crippen LogP contribution < -0.4 is 10.6 Å². The zero-order valence-corrected chi connectivity index (χ0v) is 14.4. The van der Waals surface area contributed by atoms with Gasteiger partial charge in [-0.15, -0.1) is 11.3 Å². The van der Waals surface area contributed by atoms with Gasteiger partial charge < -0.3 is 10.6 Å². The second-order valence-electron chi connectivity index (χ2n) is 5.62. The summed E-state index contributed by atoms with van der Waals surface area (Å²) in [7, 11) is 0. The molecule has 0 fully saturated rings. The number of hydrogen-bond acceptors (Lipinski definition) is 3. The third kappa shape index (κ3) is 3.46. The molecular formula is C19H18N2O2S. The number of nitrogens with one attached hydrogen (secondary N) is 2. The summed E-state index contributed by atoms with van der Waals surface area (Å²) in [6, 6.07) is 15.5. The molecule has 0 atom stereocenters. The highest BCUT2D eigenvalue weighted by Gasteiger charge is 2.14. The van der Waals surface area contributed by atoms with Crippen LogP contribution in [0.4, 0.5) is 5.69 Å². The van der Waals surface area contributed by atoms with Crippen LogP contribution in [0.25, 0.3) is 10.1 Å².